The molecule has 0 aromatic carbocycles. The number of rotatable bonds is 4. The van der Waals surface area contributed by atoms with Crippen LogP contribution in [0.25, 0.3) is 16.7 Å². The molecule has 0 spiro atoms. The predicted octanol–water partition coefficient (Wildman–Crippen LogP) is 3.91. The van der Waals surface area contributed by atoms with E-state index in [0.717, 1.165) is 42.1 Å². The lowest BCUT2D eigenvalue weighted by molar-refractivity contribution is -0.0789. The molecule has 0 bridgehead atoms. The second-order valence-electron chi connectivity index (χ2n) is 8.91. The molecule has 0 unspecified atom stereocenters. The Balaban J connectivity index is 1.55. The summed E-state index contributed by atoms with van der Waals surface area (Å²) in [5.74, 6) is -0.0751. The number of aryl methyl sites for hydroxylation is 1. The summed E-state index contributed by atoms with van der Waals surface area (Å²) in [7, 11) is 0. The van der Waals surface area contributed by atoms with Crippen LogP contribution >= 0.6 is 11.6 Å². The van der Waals surface area contributed by atoms with E-state index in [1.54, 1.807) is 17.0 Å². The summed E-state index contributed by atoms with van der Waals surface area (Å²) in [6, 6.07) is 7.27. The second-order valence-corrected chi connectivity index (χ2v) is 9.31. The SMILES string of the molecule is Cc1cc(N2CCC2)ncc1-n1cc(C(=O)OF)c(=O)c2cc(Cl)c(N3Cc4cccnc4C3)nc21. The van der Waals surface area contributed by atoms with Crippen molar-refractivity contribution < 1.29 is 14.3 Å². The highest BCUT2D eigenvalue weighted by molar-refractivity contribution is 6.33. The number of aromatic nitrogens is 4. The van der Waals surface area contributed by atoms with Gasteiger partial charge in [0.05, 0.1) is 34.5 Å². The maximum atomic E-state index is 13.1. The minimum Gasteiger partial charge on any atom is -0.356 e. The molecule has 11 heteroatoms. The van der Waals surface area contributed by atoms with E-state index in [9.17, 15) is 14.1 Å². The van der Waals surface area contributed by atoms with Crippen molar-refractivity contribution in [2.75, 3.05) is 22.9 Å². The van der Waals surface area contributed by atoms with Crippen molar-refractivity contribution in [2.24, 2.45) is 0 Å². The molecule has 6 heterocycles. The first-order chi connectivity index (χ1) is 17.4. The van der Waals surface area contributed by atoms with E-state index in [1.165, 1.54) is 12.3 Å². The van der Waals surface area contributed by atoms with Gasteiger partial charge < -0.3 is 9.80 Å². The van der Waals surface area contributed by atoms with Crippen LogP contribution in [0.3, 0.4) is 0 Å². The van der Waals surface area contributed by atoms with E-state index in [-0.39, 0.29) is 16.1 Å². The molecule has 0 atom stereocenters. The number of fused-ring (bicyclic) bond motifs is 2. The minimum atomic E-state index is -1.39. The van der Waals surface area contributed by atoms with Gasteiger partial charge in [-0.05, 0) is 42.7 Å². The zero-order valence-corrected chi connectivity index (χ0v) is 20.0. The number of nitrogens with zero attached hydrogens (tertiary/aromatic N) is 6. The molecular weight excluding hydrogens is 487 g/mol. The minimum absolute atomic E-state index is 0.0627. The van der Waals surface area contributed by atoms with Crippen LogP contribution < -0.4 is 15.2 Å². The number of pyridine rings is 4. The van der Waals surface area contributed by atoms with E-state index >= 15 is 0 Å². The molecule has 9 nitrogen and oxygen atoms in total. The van der Waals surface area contributed by atoms with E-state index in [4.69, 9.17) is 16.6 Å². The third kappa shape index (κ3) is 3.56. The van der Waals surface area contributed by atoms with E-state index in [1.807, 2.05) is 30.0 Å². The summed E-state index contributed by atoms with van der Waals surface area (Å²) in [6.45, 7) is 4.85. The molecule has 1 saturated heterocycles. The van der Waals surface area contributed by atoms with Crippen molar-refractivity contribution in [3.8, 4) is 5.69 Å². The highest BCUT2D eigenvalue weighted by Gasteiger charge is 2.26. The highest BCUT2D eigenvalue weighted by atomic mass is 35.5. The van der Waals surface area contributed by atoms with Crippen molar-refractivity contribution in [1.29, 1.82) is 0 Å². The van der Waals surface area contributed by atoms with Crippen molar-refractivity contribution >= 4 is 40.2 Å². The lowest BCUT2D eigenvalue weighted by Crippen LogP contribution is -2.37. The van der Waals surface area contributed by atoms with Gasteiger partial charge in [0.25, 0.3) is 0 Å². The van der Waals surface area contributed by atoms with E-state index < -0.39 is 17.0 Å². The third-order valence-corrected chi connectivity index (χ3v) is 6.98. The molecular formula is C25H20ClFN6O3. The Kier molecular flexibility index (Phi) is 5.33. The summed E-state index contributed by atoms with van der Waals surface area (Å²) < 4.78 is 14.4. The summed E-state index contributed by atoms with van der Waals surface area (Å²) in [4.78, 5) is 46.5. The Hall–Kier alpha value is -4.05. The fourth-order valence-electron chi connectivity index (χ4n) is 4.66. The van der Waals surface area contributed by atoms with Crippen LogP contribution in [0.5, 0.6) is 0 Å². The van der Waals surface area contributed by atoms with Gasteiger partial charge in [0, 0.05) is 36.6 Å². The van der Waals surface area contributed by atoms with Gasteiger partial charge >= 0.3 is 5.97 Å². The third-order valence-electron chi connectivity index (χ3n) is 6.70. The first-order valence-electron chi connectivity index (χ1n) is 11.4. The summed E-state index contributed by atoms with van der Waals surface area (Å²) in [5, 5.41) is 0.292. The predicted molar refractivity (Wildman–Crippen MR) is 132 cm³/mol. The number of hydrogen-bond donors (Lipinski definition) is 0. The Morgan fingerprint density at radius 1 is 1.17 bits per heavy atom. The van der Waals surface area contributed by atoms with Crippen molar-refractivity contribution in [2.45, 2.75) is 26.4 Å². The molecule has 0 N–H and O–H groups in total. The average molecular weight is 507 g/mol. The molecule has 1 fully saturated rings. The Bertz CT molecular complexity index is 1580. The van der Waals surface area contributed by atoms with Gasteiger partial charge in [-0.3, -0.25) is 14.3 Å². The molecule has 2 aliphatic rings. The van der Waals surface area contributed by atoms with Crippen molar-refractivity contribution in [1.82, 2.24) is 19.5 Å². The van der Waals surface area contributed by atoms with E-state index in [0.29, 0.717) is 24.6 Å². The molecule has 36 heavy (non-hydrogen) atoms. The largest absolute Gasteiger partial charge is 0.385 e. The average Bonchev–Trinajstić information content (AvgIpc) is 3.27. The number of hydrogen-bond acceptors (Lipinski definition) is 8. The number of anilines is 2. The quantitative estimate of drug-likeness (QED) is 0.411. The van der Waals surface area contributed by atoms with Crippen LogP contribution in [0.15, 0.2) is 47.7 Å². The van der Waals surface area contributed by atoms with Crippen LogP contribution in [0, 0.1) is 6.92 Å². The zero-order chi connectivity index (χ0) is 25.0. The monoisotopic (exact) mass is 506 g/mol. The van der Waals surface area contributed by atoms with Gasteiger partial charge in [-0.15, -0.1) is 0 Å². The van der Waals surface area contributed by atoms with Gasteiger partial charge in [-0.25, -0.2) is 19.7 Å². The maximum absolute atomic E-state index is 13.1. The van der Waals surface area contributed by atoms with Gasteiger partial charge in [0.2, 0.25) is 5.43 Å². The second kappa shape index (κ2) is 8.56. The fourth-order valence-corrected chi connectivity index (χ4v) is 4.93. The van der Waals surface area contributed by atoms with Crippen LogP contribution in [-0.4, -0.2) is 38.6 Å². The van der Waals surface area contributed by atoms with Crippen LogP contribution in [0.4, 0.5) is 16.2 Å². The smallest absolute Gasteiger partial charge is 0.356 e. The van der Waals surface area contributed by atoms with E-state index in [2.05, 4.69) is 19.8 Å². The fraction of sp³-hybridized carbons (Fsp3) is 0.240. The molecule has 182 valence electrons. The Morgan fingerprint density at radius 3 is 2.69 bits per heavy atom. The molecule has 4 aromatic heterocycles. The normalized spacial score (nSPS) is 14.6. The number of carbonyl (C=O) groups excluding carboxylic acids is 1. The molecule has 2 aliphatic heterocycles. The lowest BCUT2D eigenvalue weighted by Gasteiger charge is -2.32. The first-order valence-corrected chi connectivity index (χ1v) is 11.8. The number of carbonyl (C=O) groups is 1. The molecule has 0 amide bonds. The Morgan fingerprint density at radius 2 is 2.00 bits per heavy atom. The molecule has 0 radical (unpaired) electrons. The molecule has 4 aromatic rings. The van der Waals surface area contributed by atoms with Gasteiger partial charge in [-0.1, -0.05) is 17.7 Å². The van der Waals surface area contributed by atoms with Gasteiger partial charge in [0.15, 0.2) is 11.5 Å². The molecule has 0 aliphatic carbocycles. The lowest BCUT2D eigenvalue weighted by atomic mass is 10.1. The van der Waals surface area contributed by atoms with Crippen LogP contribution in [0.1, 0.15) is 33.6 Å². The maximum Gasteiger partial charge on any atom is 0.385 e. The van der Waals surface area contributed by atoms with Crippen LogP contribution in [0.2, 0.25) is 5.02 Å². The van der Waals surface area contributed by atoms with Crippen molar-refractivity contribution in [3.63, 3.8) is 0 Å². The highest BCUT2D eigenvalue weighted by Crippen LogP contribution is 2.34. The number of halogens is 2. The van der Waals surface area contributed by atoms with Crippen LogP contribution in [-0.2, 0) is 18.0 Å². The Labute approximate surface area is 209 Å². The first kappa shape index (κ1) is 22.4. The molecule has 6 rings (SSSR count). The summed E-state index contributed by atoms with van der Waals surface area (Å²) in [5.41, 5.74) is 2.49. The summed E-state index contributed by atoms with van der Waals surface area (Å²) in [6.07, 6.45) is 5.75. The van der Waals surface area contributed by atoms with Gasteiger partial charge in [0.1, 0.15) is 11.4 Å². The standard InChI is InChI=1S/C25H20ClFN6O3/c1-14-8-21(31-6-3-7-31)29-10-20(14)33-12-17(25(35)36-27)22(34)16-9-18(26)24(30-23(16)33)32-11-15-4-2-5-28-19(15)13-32/h2,4-5,8-10,12H,3,6-7,11,13H2,1H3. The molecule has 0 saturated carbocycles. The van der Waals surface area contributed by atoms with Gasteiger partial charge in [-0.2, -0.15) is 0 Å². The zero-order valence-electron chi connectivity index (χ0n) is 19.2. The topological polar surface area (TPSA) is 93.5 Å². The summed E-state index contributed by atoms with van der Waals surface area (Å²) >= 11 is 6.59. The van der Waals surface area contributed by atoms with Crippen molar-refractivity contribution in [3.05, 3.63) is 80.5 Å².